The van der Waals surface area contributed by atoms with Gasteiger partial charge in [-0.3, -0.25) is 9.78 Å². The van der Waals surface area contributed by atoms with Gasteiger partial charge in [0.2, 0.25) is 0 Å². The van der Waals surface area contributed by atoms with Gasteiger partial charge >= 0.3 is 0 Å². The highest BCUT2D eigenvalue weighted by atomic mass is 16.1. The smallest absolute Gasteiger partial charge is 0.260 e. The number of nitrogens with one attached hydrogen (secondary N) is 2. The fraction of sp³-hybridized carbons (Fsp3) is 0.429. The molecule has 2 fully saturated rings. The zero-order valence-electron chi connectivity index (χ0n) is 19.1. The summed E-state index contributed by atoms with van der Waals surface area (Å²) in [5, 5.41) is 6.76. The molecule has 0 unspecified atom stereocenters. The molecule has 1 aromatic carbocycles. The first kappa shape index (κ1) is 20.7. The van der Waals surface area contributed by atoms with Crippen LogP contribution in [0.15, 0.2) is 53.7 Å². The lowest BCUT2D eigenvalue weighted by Gasteiger charge is -2.22. The maximum Gasteiger partial charge on any atom is 0.260 e. The van der Waals surface area contributed by atoms with Gasteiger partial charge in [0.05, 0.1) is 11.9 Å². The van der Waals surface area contributed by atoms with Crippen molar-refractivity contribution in [3.8, 4) is 0 Å². The average Bonchev–Trinajstić information content (AvgIpc) is 3.61. The SMILES string of the molecule is O=c1c2cncc(C3CC3)c2ccn1Cc1ccc2cc(CCNC3CCCCC3)[nH]c2c1. The number of aromatic nitrogens is 3. The van der Waals surface area contributed by atoms with Crippen molar-refractivity contribution in [1.29, 1.82) is 0 Å². The van der Waals surface area contributed by atoms with E-state index in [4.69, 9.17) is 0 Å². The quantitative estimate of drug-likeness (QED) is 0.412. The highest BCUT2D eigenvalue weighted by Gasteiger charge is 2.26. The number of hydrogen-bond acceptors (Lipinski definition) is 3. The standard InChI is InChI=1S/C28H32N4O/c33-28-26-17-29-16-25(20-8-9-20)24(26)11-13-32(28)18-19-6-7-21-15-23(31-27(21)14-19)10-12-30-22-4-2-1-3-5-22/h6-7,11,13-17,20,22,30-31H,1-5,8-10,12,18H2. The summed E-state index contributed by atoms with van der Waals surface area (Å²) in [5.74, 6) is 0.582. The second kappa shape index (κ2) is 8.79. The van der Waals surface area contributed by atoms with Gasteiger partial charge in [0.25, 0.3) is 5.56 Å². The largest absolute Gasteiger partial charge is 0.358 e. The molecule has 2 saturated carbocycles. The Kier molecular flexibility index (Phi) is 5.50. The molecule has 2 N–H and O–H groups in total. The van der Waals surface area contributed by atoms with Crippen molar-refractivity contribution in [2.45, 2.75) is 69.9 Å². The predicted molar refractivity (Wildman–Crippen MR) is 134 cm³/mol. The van der Waals surface area contributed by atoms with Gasteiger partial charge in [0.15, 0.2) is 0 Å². The molecular weight excluding hydrogens is 408 g/mol. The summed E-state index contributed by atoms with van der Waals surface area (Å²) in [5.41, 5.74) is 4.82. The molecule has 0 radical (unpaired) electrons. The minimum absolute atomic E-state index is 0.0450. The van der Waals surface area contributed by atoms with Gasteiger partial charge in [-0.1, -0.05) is 31.4 Å². The van der Waals surface area contributed by atoms with Crippen LogP contribution in [-0.2, 0) is 13.0 Å². The van der Waals surface area contributed by atoms with Gasteiger partial charge in [-0.2, -0.15) is 0 Å². The molecule has 0 atom stereocenters. The number of rotatable bonds is 7. The Morgan fingerprint density at radius 3 is 2.73 bits per heavy atom. The van der Waals surface area contributed by atoms with Crippen LogP contribution in [0.4, 0.5) is 0 Å². The fourth-order valence-electron chi connectivity index (χ4n) is 5.46. The number of nitrogens with zero attached hydrogens (tertiary/aromatic N) is 2. The summed E-state index contributed by atoms with van der Waals surface area (Å²) in [4.78, 5) is 21.1. The molecule has 3 heterocycles. The molecule has 0 aliphatic heterocycles. The highest BCUT2D eigenvalue weighted by molar-refractivity contribution is 5.84. The molecule has 170 valence electrons. The van der Waals surface area contributed by atoms with Crippen molar-refractivity contribution >= 4 is 21.7 Å². The van der Waals surface area contributed by atoms with Crippen LogP contribution in [0.5, 0.6) is 0 Å². The maximum atomic E-state index is 13.2. The van der Waals surface area contributed by atoms with Crippen molar-refractivity contribution in [2.24, 2.45) is 0 Å². The van der Waals surface area contributed by atoms with E-state index in [2.05, 4.69) is 45.6 Å². The molecule has 2 aliphatic carbocycles. The Labute approximate surface area is 194 Å². The molecule has 0 amide bonds. The van der Waals surface area contributed by atoms with Gasteiger partial charge in [0.1, 0.15) is 0 Å². The Hall–Kier alpha value is -2.92. The first-order valence-corrected chi connectivity index (χ1v) is 12.6. The number of benzene rings is 1. The number of H-pyrrole nitrogens is 1. The Morgan fingerprint density at radius 2 is 1.88 bits per heavy atom. The van der Waals surface area contributed by atoms with E-state index >= 15 is 0 Å². The van der Waals surface area contributed by atoms with E-state index in [1.54, 1.807) is 10.8 Å². The van der Waals surface area contributed by atoms with Crippen LogP contribution in [0, 0.1) is 0 Å². The minimum Gasteiger partial charge on any atom is -0.358 e. The Bertz CT molecular complexity index is 1340. The van der Waals surface area contributed by atoms with Gasteiger partial charge in [-0.15, -0.1) is 0 Å². The third-order valence-corrected chi connectivity index (χ3v) is 7.48. The molecular formula is C28H32N4O. The minimum atomic E-state index is 0.0450. The molecule has 33 heavy (non-hydrogen) atoms. The molecule has 4 aromatic rings. The van der Waals surface area contributed by atoms with Crippen molar-refractivity contribution in [2.75, 3.05) is 6.54 Å². The van der Waals surface area contributed by atoms with E-state index in [-0.39, 0.29) is 5.56 Å². The normalized spacial score (nSPS) is 17.2. The first-order chi connectivity index (χ1) is 16.2. The summed E-state index contributed by atoms with van der Waals surface area (Å²) in [7, 11) is 0. The lowest BCUT2D eigenvalue weighted by atomic mass is 9.95. The van der Waals surface area contributed by atoms with Crippen LogP contribution in [0.2, 0.25) is 0 Å². The summed E-state index contributed by atoms with van der Waals surface area (Å²) >= 11 is 0. The summed E-state index contributed by atoms with van der Waals surface area (Å²) in [6.45, 7) is 1.59. The molecule has 5 heteroatoms. The monoisotopic (exact) mass is 440 g/mol. The third kappa shape index (κ3) is 4.34. The highest BCUT2D eigenvalue weighted by Crippen LogP contribution is 2.42. The van der Waals surface area contributed by atoms with E-state index < -0.39 is 0 Å². The van der Waals surface area contributed by atoms with Crippen molar-refractivity contribution in [3.05, 3.63) is 76.1 Å². The van der Waals surface area contributed by atoms with Gasteiger partial charge in [0, 0.05) is 42.4 Å². The Morgan fingerprint density at radius 1 is 1.00 bits per heavy atom. The van der Waals surface area contributed by atoms with Crippen molar-refractivity contribution < 1.29 is 0 Å². The van der Waals surface area contributed by atoms with Crippen LogP contribution >= 0.6 is 0 Å². The summed E-state index contributed by atoms with van der Waals surface area (Å²) in [6, 6.07) is 11.5. The first-order valence-electron chi connectivity index (χ1n) is 12.6. The summed E-state index contributed by atoms with van der Waals surface area (Å²) < 4.78 is 1.81. The van der Waals surface area contributed by atoms with Gasteiger partial charge < -0.3 is 14.9 Å². The van der Waals surface area contributed by atoms with Crippen molar-refractivity contribution in [3.63, 3.8) is 0 Å². The van der Waals surface area contributed by atoms with Gasteiger partial charge in [-0.05, 0) is 78.1 Å². The second-order valence-electron chi connectivity index (χ2n) is 9.97. The van der Waals surface area contributed by atoms with Gasteiger partial charge in [-0.25, -0.2) is 0 Å². The molecule has 3 aromatic heterocycles. The lowest BCUT2D eigenvalue weighted by molar-refractivity contribution is 0.375. The second-order valence-corrected chi connectivity index (χ2v) is 9.97. The zero-order chi connectivity index (χ0) is 22.2. The average molecular weight is 441 g/mol. The van der Waals surface area contributed by atoms with Crippen LogP contribution in [0.3, 0.4) is 0 Å². The number of hydrogen-bond donors (Lipinski definition) is 2. The number of aromatic amines is 1. The van der Waals surface area contributed by atoms with E-state index in [1.165, 1.54) is 61.6 Å². The van der Waals surface area contributed by atoms with E-state index in [9.17, 15) is 4.79 Å². The predicted octanol–water partition coefficient (Wildman–Crippen LogP) is 5.27. The molecule has 6 rings (SSSR count). The fourth-order valence-corrected chi connectivity index (χ4v) is 5.46. The molecule has 0 bridgehead atoms. The number of pyridine rings is 2. The van der Waals surface area contributed by atoms with Crippen LogP contribution in [0.1, 0.15) is 67.7 Å². The van der Waals surface area contributed by atoms with Crippen LogP contribution in [0.25, 0.3) is 21.7 Å². The topological polar surface area (TPSA) is 62.7 Å². The van der Waals surface area contributed by atoms with Crippen molar-refractivity contribution in [1.82, 2.24) is 19.9 Å². The maximum absolute atomic E-state index is 13.2. The molecule has 0 saturated heterocycles. The molecule has 5 nitrogen and oxygen atoms in total. The zero-order valence-corrected chi connectivity index (χ0v) is 19.1. The molecule has 2 aliphatic rings. The van der Waals surface area contributed by atoms with Crippen LogP contribution in [-0.4, -0.2) is 27.1 Å². The number of fused-ring (bicyclic) bond motifs is 2. The van der Waals surface area contributed by atoms with E-state index in [1.807, 2.05) is 12.4 Å². The lowest BCUT2D eigenvalue weighted by Crippen LogP contribution is -2.32. The van der Waals surface area contributed by atoms with E-state index in [0.717, 1.165) is 34.8 Å². The van der Waals surface area contributed by atoms with E-state index in [0.29, 0.717) is 18.5 Å². The third-order valence-electron chi connectivity index (χ3n) is 7.48. The van der Waals surface area contributed by atoms with Crippen LogP contribution < -0.4 is 10.9 Å². The molecule has 0 spiro atoms. The summed E-state index contributed by atoms with van der Waals surface area (Å²) in [6.07, 6.45) is 15.8. The Balaban J connectivity index is 1.18.